The Labute approximate surface area is 153 Å². The van der Waals surface area contributed by atoms with Crippen molar-refractivity contribution >= 4 is 17.7 Å². The van der Waals surface area contributed by atoms with E-state index in [1.807, 2.05) is 6.92 Å². The van der Waals surface area contributed by atoms with E-state index in [1.165, 1.54) is 25.7 Å². The molecule has 0 saturated heterocycles. The van der Waals surface area contributed by atoms with E-state index >= 15 is 0 Å². The third-order valence-corrected chi connectivity index (χ3v) is 6.08. The first kappa shape index (κ1) is 18.6. The van der Waals surface area contributed by atoms with E-state index < -0.39 is 18.4 Å². The minimum atomic E-state index is -1.02. The first-order chi connectivity index (χ1) is 12.3. The second-order valence-corrected chi connectivity index (χ2v) is 7.77. The van der Waals surface area contributed by atoms with Crippen molar-refractivity contribution < 1.29 is 19.1 Å². The molecule has 7 heteroatoms. The largest absolute Gasteiger partial charge is 0.450 e. The van der Waals surface area contributed by atoms with Crippen molar-refractivity contribution in [3.63, 3.8) is 0 Å². The molecule has 1 aromatic rings. The lowest BCUT2D eigenvalue weighted by atomic mass is 9.84. The number of carbonyl (C=O) groups is 3. The second-order valence-electron chi connectivity index (χ2n) is 7.77. The van der Waals surface area contributed by atoms with Gasteiger partial charge in [-0.15, -0.1) is 0 Å². The molecule has 3 rings (SSSR count). The fourth-order valence-electron chi connectivity index (χ4n) is 4.71. The van der Waals surface area contributed by atoms with Gasteiger partial charge in [-0.3, -0.25) is 14.3 Å². The smallest absolute Gasteiger partial charge is 0.380 e. The van der Waals surface area contributed by atoms with Crippen LogP contribution in [-0.4, -0.2) is 40.1 Å². The van der Waals surface area contributed by atoms with Gasteiger partial charge in [0.15, 0.2) is 6.61 Å². The van der Waals surface area contributed by atoms with Crippen LogP contribution in [0.25, 0.3) is 0 Å². The van der Waals surface area contributed by atoms with Crippen molar-refractivity contribution in [2.45, 2.75) is 52.5 Å². The van der Waals surface area contributed by atoms with Crippen LogP contribution < -0.4 is 5.32 Å². The van der Waals surface area contributed by atoms with Crippen LogP contribution in [0.1, 0.15) is 54.4 Å². The lowest BCUT2D eigenvalue weighted by Gasteiger charge is -2.28. The quantitative estimate of drug-likeness (QED) is 0.473. The van der Waals surface area contributed by atoms with Crippen LogP contribution in [-0.2, 0) is 21.4 Å². The van der Waals surface area contributed by atoms with Gasteiger partial charge in [0.25, 0.3) is 11.7 Å². The number of ether oxygens (including phenoxy) is 1. The fraction of sp³-hybridized carbons (Fsp3) is 0.684. The molecular formula is C19H27N3O4. The normalized spacial score (nSPS) is 25.2. The second kappa shape index (κ2) is 7.21. The lowest BCUT2D eigenvalue weighted by molar-refractivity contribution is -0.144. The van der Waals surface area contributed by atoms with Crippen molar-refractivity contribution in [1.29, 1.82) is 0 Å². The fourth-order valence-corrected chi connectivity index (χ4v) is 4.71. The summed E-state index contributed by atoms with van der Waals surface area (Å²) >= 11 is 0. The summed E-state index contributed by atoms with van der Waals surface area (Å²) in [7, 11) is 1.70. The number of nitrogens with zero attached hydrogens (tertiary/aromatic N) is 2. The van der Waals surface area contributed by atoms with Crippen LogP contribution in [0.15, 0.2) is 0 Å². The first-order valence-corrected chi connectivity index (χ1v) is 9.29. The molecule has 1 heterocycles. The zero-order chi connectivity index (χ0) is 19.0. The molecule has 1 N–H and O–H groups in total. The molecule has 0 radical (unpaired) electrons. The number of hydrogen-bond acceptors (Lipinski definition) is 5. The molecule has 0 aromatic carbocycles. The molecule has 0 aliphatic heterocycles. The summed E-state index contributed by atoms with van der Waals surface area (Å²) in [5, 5.41) is 7.04. The molecule has 2 fully saturated rings. The first-order valence-electron chi connectivity index (χ1n) is 9.29. The van der Waals surface area contributed by atoms with Gasteiger partial charge in [0.2, 0.25) is 0 Å². The van der Waals surface area contributed by atoms with Crippen LogP contribution in [0.2, 0.25) is 0 Å². The SMILES string of the molecule is Cc1nn(C)c(C)c1C(=O)C(=O)OCC(=O)N[C@@H](C)[C@H]1C[C@H]2CC[C@H]1C2. The number of rotatable bonds is 6. The highest BCUT2D eigenvalue weighted by Gasteiger charge is 2.42. The van der Waals surface area contributed by atoms with Gasteiger partial charge in [-0.25, -0.2) is 4.79 Å². The standard InChI is InChI=1S/C19H27N3O4/c1-10(15-8-13-5-6-14(15)7-13)20-16(23)9-26-19(25)18(24)17-11(2)21-22(4)12(17)3/h10,13-15H,5-9H2,1-4H3,(H,20,23)/t10-,13-,14-,15+/m0/s1. The van der Waals surface area contributed by atoms with Crippen molar-refractivity contribution in [3.05, 3.63) is 17.0 Å². The third kappa shape index (κ3) is 3.52. The monoisotopic (exact) mass is 361 g/mol. The Morgan fingerprint density at radius 3 is 2.54 bits per heavy atom. The number of ketones is 1. The Bertz CT molecular complexity index is 739. The molecule has 2 bridgehead atoms. The van der Waals surface area contributed by atoms with E-state index in [9.17, 15) is 14.4 Å². The van der Waals surface area contributed by atoms with Gasteiger partial charge in [-0.05, 0) is 57.8 Å². The number of amides is 1. The van der Waals surface area contributed by atoms with Gasteiger partial charge in [-0.2, -0.15) is 5.10 Å². The van der Waals surface area contributed by atoms with Gasteiger partial charge in [-0.1, -0.05) is 6.42 Å². The molecule has 4 atom stereocenters. The number of esters is 1. The number of fused-ring (bicyclic) bond motifs is 2. The molecule has 7 nitrogen and oxygen atoms in total. The van der Waals surface area contributed by atoms with Crippen molar-refractivity contribution in [3.8, 4) is 0 Å². The predicted octanol–water partition coefficient (Wildman–Crippen LogP) is 1.70. The molecule has 0 spiro atoms. The highest BCUT2D eigenvalue weighted by molar-refractivity contribution is 6.41. The molecule has 2 saturated carbocycles. The minimum absolute atomic E-state index is 0.0648. The van der Waals surface area contributed by atoms with E-state index in [0.29, 0.717) is 23.2 Å². The van der Waals surface area contributed by atoms with E-state index in [0.717, 1.165) is 5.92 Å². The van der Waals surface area contributed by atoms with Crippen molar-refractivity contribution in [1.82, 2.24) is 15.1 Å². The zero-order valence-corrected chi connectivity index (χ0v) is 15.9. The Kier molecular flexibility index (Phi) is 5.16. The summed E-state index contributed by atoms with van der Waals surface area (Å²) in [6.07, 6.45) is 5.01. The topological polar surface area (TPSA) is 90.3 Å². The average Bonchev–Trinajstić information content (AvgIpc) is 3.28. The van der Waals surface area contributed by atoms with Crippen molar-refractivity contribution in [2.75, 3.05) is 6.61 Å². The van der Waals surface area contributed by atoms with Gasteiger partial charge in [0.1, 0.15) is 0 Å². The molecule has 1 aromatic heterocycles. The van der Waals surface area contributed by atoms with E-state index in [2.05, 4.69) is 10.4 Å². The molecule has 2 aliphatic rings. The van der Waals surface area contributed by atoms with Gasteiger partial charge in [0, 0.05) is 18.8 Å². The number of aryl methyl sites for hydroxylation is 2. The van der Waals surface area contributed by atoms with E-state index in [1.54, 1.807) is 25.6 Å². The summed E-state index contributed by atoms with van der Waals surface area (Å²) in [6, 6.07) is 0.0648. The predicted molar refractivity (Wildman–Crippen MR) is 94.5 cm³/mol. The Morgan fingerprint density at radius 1 is 1.27 bits per heavy atom. The van der Waals surface area contributed by atoms with Gasteiger partial charge in [0.05, 0.1) is 11.3 Å². The Balaban J connectivity index is 1.49. The molecule has 2 aliphatic carbocycles. The maximum absolute atomic E-state index is 12.3. The van der Waals surface area contributed by atoms with Gasteiger partial charge >= 0.3 is 5.97 Å². The number of nitrogens with one attached hydrogen (secondary N) is 1. The van der Waals surface area contributed by atoms with Crippen LogP contribution >= 0.6 is 0 Å². The summed E-state index contributed by atoms with van der Waals surface area (Å²) in [4.78, 5) is 36.4. The molecule has 1 amide bonds. The maximum Gasteiger partial charge on any atom is 0.380 e. The molecule has 0 unspecified atom stereocenters. The summed E-state index contributed by atoms with van der Waals surface area (Å²) in [5.41, 5.74) is 1.31. The Morgan fingerprint density at radius 2 is 2.00 bits per heavy atom. The third-order valence-electron chi connectivity index (χ3n) is 6.08. The molecule has 26 heavy (non-hydrogen) atoms. The van der Waals surface area contributed by atoms with E-state index in [-0.39, 0.29) is 17.5 Å². The maximum atomic E-state index is 12.3. The average molecular weight is 361 g/mol. The van der Waals surface area contributed by atoms with Crippen LogP contribution in [0.3, 0.4) is 0 Å². The number of carbonyl (C=O) groups excluding carboxylic acids is 3. The summed E-state index contributed by atoms with van der Waals surface area (Å²) < 4.78 is 6.47. The Hall–Kier alpha value is -2.18. The summed E-state index contributed by atoms with van der Waals surface area (Å²) in [5.74, 6) is -0.118. The highest BCUT2D eigenvalue weighted by Crippen LogP contribution is 2.49. The molecule has 142 valence electrons. The number of hydrogen-bond donors (Lipinski definition) is 1. The van der Waals surface area contributed by atoms with E-state index in [4.69, 9.17) is 4.74 Å². The van der Waals surface area contributed by atoms with Gasteiger partial charge < -0.3 is 10.1 Å². The molecular weight excluding hydrogens is 334 g/mol. The number of aromatic nitrogens is 2. The highest BCUT2D eigenvalue weighted by atomic mass is 16.5. The lowest BCUT2D eigenvalue weighted by Crippen LogP contribution is -2.42. The van der Waals surface area contributed by atoms with Crippen LogP contribution in [0.5, 0.6) is 0 Å². The summed E-state index contributed by atoms with van der Waals surface area (Å²) in [6.45, 7) is 4.95. The number of Topliss-reactive ketones (excluding diaryl/α,β-unsaturated/α-hetero) is 1. The van der Waals surface area contributed by atoms with Crippen LogP contribution in [0, 0.1) is 31.6 Å². The van der Waals surface area contributed by atoms with Crippen LogP contribution in [0.4, 0.5) is 0 Å². The van der Waals surface area contributed by atoms with Crippen molar-refractivity contribution in [2.24, 2.45) is 24.8 Å². The zero-order valence-electron chi connectivity index (χ0n) is 15.9. The minimum Gasteiger partial charge on any atom is -0.450 e.